The molecule has 0 radical (unpaired) electrons. The Morgan fingerprint density at radius 3 is 2.32 bits per heavy atom. The number of anilines is 2. The number of phenols is 1. The van der Waals surface area contributed by atoms with E-state index < -0.39 is 27.8 Å². The standard InChI is InChI=1S/C19H15ClN2O5S/c20-13-10-11-15(17(23)18(13)28(25)26)22-19(24)21-14-8-4-5-9-16(14)27-12-6-2-1-3-7-12/h1-11,23H,(H,25,26)(H2,21,22,24)/p-1. The van der Waals surface area contributed by atoms with Crippen LogP contribution in [0, 0.1) is 0 Å². The zero-order chi connectivity index (χ0) is 20.1. The Bertz CT molecular complexity index is 1030. The maximum atomic E-state index is 12.3. The van der Waals surface area contributed by atoms with Gasteiger partial charge in [-0.15, -0.1) is 0 Å². The van der Waals surface area contributed by atoms with Crippen molar-refractivity contribution in [1.82, 2.24) is 0 Å². The third-order valence-electron chi connectivity index (χ3n) is 3.60. The second-order valence-corrected chi connectivity index (χ2v) is 6.78. The number of hydrogen-bond acceptors (Lipinski definition) is 5. The van der Waals surface area contributed by atoms with Crippen LogP contribution in [-0.2, 0) is 11.1 Å². The molecule has 0 heterocycles. The van der Waals surface area contributed by atoms with Crippen molar-refractivity contribution < 1.29 is 23.4 Å². The predicted octanol–water partition coefficient (Wildman–Crippen LogP) is 4.72. The maximum absolute atomic E-state index is 12.3. The molecule has 1 atom stereocenters. The molecule has 3 N–H and O–H groups in total. The lowest BCUT2D eigenvalue weighted by atomic mass is 10.2. The van der Waals surface area contributed by atoms with Gasteiger partial charge in [-0.05, 0) is 47.5 Å². The van der Waals surface area contributed by atoms with Crippen molar-refractivity contribution in [3.8, 4) is 17.2 Å². The fraction of sp³-hybridized carbons (Fsp3) is 0. The van der Waals surface area contributed by atoms with E-state index in [2.05, 4.69) is 10.6 Å². The molecule has 0 aliphatic rings. The second-order valence-electron chi connectivity index (χ2n) is 5.50. The minimum absolute atomic E-state index is 0.109. The van der Waals surface area contributed by atoms with Crippen molar-refractivity contribution in [2.24, 2.45) is 0 Å². The van der Waals surface area contributed by atoms with Gasteiger partial charge < -0.3 is 25.0 Å². The van der Waals surface area contributed by atoms with E-state index in [1.807, 2.05) is 18.2 Å². The van der Waals surface area contributed by atoms with E-state index in [0.29, 0.717) is 17.2 Å². The predicted molar refractivity (Wildman–Crippen MR) is 106 cm³/mol. The molecule has 0 bridgehead atoms. The molecule has 2 amide bonds. The van der Waals surface area contributed by atoms with E-state index >= 15 is 0 Å². The highest BCUT2D eigenvalue weighted by molar-refractivity contribution is 7.79. The van der Waals surface area contributed by atoms with Gasteiger partial charge in [0.2, 0.25) is 0 Å². The third-order valence-corrected chi connectivity index (χ3v) is 4.78. The Kier molecular flexibility index (Phi) is 6.15. The summed E-state index contributed by atoms with van der Waals surface area (Å²) in [6, 6.07) is 17.7. The Hall–Kier alpha value is -3.07. The summed E-state index contributed by atoms with van der Waals surface area (Å²) in [6.45, 7) is 0. The fourth-order valence-electron chi connectivity index (χ4n) is 2.36. The number of ether oxygens (including phenoxy) is 1. The van der Waals surface area contributed by atoms with E-state index in [4.69, 9.17) is 16.3 Å². The number of urea groups is 1. The summed E-state index contributed by atoms with van der Waals surface area (Å²) in [7, 11) is 0. The number of rotatable bonds is 5. The number of aromatic hydroxyl groups is 1. The number of para-hydroxylation sites is 3. The SMILES string of the molecule is O=C(Nc1ccccc1Oc1ccccc1)Nc1ccc(Cl)c(S(=O)[O-])c1O. The highest BCUT2D eigenvalue weighted by Gasteiger charge is 2.15. The van der Waals surface area contributed by atoms with Gasteiger partial charge in [-0.2, -0.15) is 0 Å². The van der Waals surface area contributed by atoms with E-state index in [1.54, 1.807) is 36.4 Å². The largest absolute Gasteiger partial charge is 0.768 e. The summed E-state index contributed by atoms with van der Waals surface area (Å²) in [4.78, 5) is 11.8. The molecule has 0 aromatic heterocycles. The van der Waals surface area contributed by atoms with Crippen LogP contribution >= 0.6 is 11.6 Å². The van der Waals surface area contributed by atoms with Crippen molar-refractivity contribution in [2.45, 2.75) is 4.90 Å². The molecule has 144 valence electrons. The van der Waals surface area contributed by atoms with Gasteiger partial charge in [0.25, 0.3) is 0 Å². The highest BCUT2D eigenvalue weighted by atomic mass is 35.5. The van der Waals surface area contributed by atoms with Crippen LogP contribution in [0.2, 0.25) is 5.02 Å². The number of carbonyl (C=O) groups excluding carboxylic acids is 1. The Labute approximate surface area is 168 Å². The number of benzene rings is 3. The summed E-state index contributed by atoms with van der Waals surface area (Å²) in [5, 5.41) is 14.9. The molecular weight excluding hydrogens is 404 g/mol. The second kappa shape index (κ2) is 8.75. The molecule has 0 saturated heterocycles. The number of hydrogen-bond donors (Lipinski definition) is 3. The molecule has 3 aromatic carbocycles. The van der Waals surface area contributed by atoms with Gasteiger partial charge in [0, 0.05) is 0 Å². The first kappa shape index (κ1) is 19.7. The first-order valence-corrected chi connectivity index (χ1v) is 9.41. The highest BCUT2D eigenvalue weighted by Crippen LogP contribution is 2.35. The number of amides is 2. The van der Waals surface area contributed by atoms with Crippen LogP contribution in [0.4, 0.5) is 16.2 Å². The van der Waals surface area contributed by atoms with Crippen LogP contribution in [0.1, 0.15) is 0 Å². The molecule has 28 heavy (non-hydrogen) atoms. The fourth-order valence-corrected chi connectivity index (χ4v) is 3.19. The Balaban J connectivity index is 1.78. The van der Waals surface area contributed by atoms with Crippen molar-refractivity contribution in [3.05, 3.63) is 71.8 Å². The Morgan fingerprint density at radius 1 is 0.964 bits per heavy atom. The molecule has 7 nitrogen and oxygen atoms in total. The number of nitrogens with one attached hydrogen (secondary N) is 2. The normalized spacial score (nSPS) is 11.5. The molecule has 0 aliphatic heterocycles. The van der Waals surface area contributed by atoms with Crippen molar-refractivity contribution in [3.63, 3.8) is 0 Å². The van der Waals surface area contributed by atoms with Crippen LogP contribution in [0.3, 0.4) is 0 Å². The summed E-state index contributed by atoms with van der Waals surface area (Å²) >= 11 is 3.00. The first-order chi connectivity index (χ1) is 13.5. The smallest absolute Gasteiger partial charge is 0.323 e. The average Bonchev–Trinajstić information content (AvgIpc) is 2.66. The molecule has 0 saturated carbocycles. The average molecular weight is 418 g/mol. The van der Waals surface area contributed by atoms with Crippen LogP contribution in [-0.4, -0.2) is 19.9 Å². The zero-order valence-corrected chi connectivity index (χ0v) is 15.8. The van der Waals surface area contributed by atoms with E-state index in [0.717, 1.165) is 0 Å². The van der Waals surface area contributed by atoms with Gasteiger partial charge in [-0.1, -0.05) is 41.9 Å². The minimum atomic E-state index is -2.77. The number of carbonyl (C=O) groups is 1. The monoisotopic (exact) mass is 417 g/mol. The lowest BCUT2D eigenvalue weighted by Gasteiger charge is -2.15. The summed E-state index contributed by atoms with van der Waals surface area (Å²) in [6.07, 6.45) is 0. The number of halogens is 1. The molecule has 1 unspecified atom stereocenters. The molecule has 3 aromatic rings. The van der Waals surface area contributed by atoms with Crippen molar-refractivity contribution >= 4 is 40.1 Å². The zero-order valence-electron chi connectivity index (χ0n) is 14.2. The molecular formula is C19H14ClN2O5S-. The van der Waals surface area contributed by atoms with Gasteiger partial charge in [0.05, 0.1) is 21.3 Å². The Morgan fingerprint density at radius 2 is 1.61 bits per heavy atom. The van der Waals surface area contributed by atoms with Gasteiger partial charge in [0.1, 0.15) is 5.75 Å². The lowest BCUT2D eigenvalue weighted by molar-refractivity contribution is 0.262. The number of phenolic OH excluding ortho intramolecular Hbond substituents is 1. The first-order valence-electron chi connectivity index (χ1n) is 7.96. The van der Waals surface area contributed by atoms with Crippen LogP contribution in [0.15, 0.2) is 71.6 Å². The van der Waals surface area contributed by atoms with Gasteiger partial charge in [-0.25, -0.2) is 4.79 Å². The van der Waals surface area contributed by atoms with Gasteiger partial charge >= 0.3 is 6.03 Å². The maximum Gasteiger partial charge on any atom is 0.323 e. The van der Waals surface area contributed by atoms with Crippen LogP contribution < -0.4 is 15.4 Å². The van der Waals surface area contributed by atoms with E-state index in [9.17, 15) is 18.7 Å². The van der Waals surface area contributed by atoms with E-state index in [-0.39, 0.29) is 10.7 Å². The molecule has 0 aliphatic carbocycles. The summed E-state index contributed by atoms with van der Waals surface area (Å²) in [5.41, 5.74) is 0.271. The minimum Gasteiger partial charge on any atom is -0.768 e. The topological polar surface area (TPSA) is 111 Å². The molecule has 0 spiro atoms. The quantitative estimate of drug-likeness (QED) is 0.411. The van der Waals surface area contributed by atoms with Gasteiger partial charge in [-0.3, -0.25) is 4.21 Å². The van der Waals surface area contributed by atoms with Crippen LogP contribution in [0.5, 0.6) is 17.2 Å². The third kappa shape index (κ3) is 4.61. The summed E-state index contributed by atoms with van der Waals surface area (Å²) < 4.78 is 28.2. The van der Waals surface area contributed by atoms with Crippen molar-refractivity contribution in [1.29, 1.82) is 0 Å². The van der Waals surface area contributed by atoms with Gasteiger partial charge in [0.15, 0.2) is 11.5 Å². The molecule has 0 fully saturated rings. The molecule has 3 rings (SSSR count). The molecule has 9 heteroatoms. The van der Waals surface area contributed by atoms with Crippen molar-refractivity contribution in [2.75, 3.05) is 10.6 Å². The summed E-state index contributed by atoms with van der Waals surface area (Å²) in [5.74, 6) is 0.352. The lowest BCUT2D eigenvalue weighted by Crippen LogP contribution is -2.20. The van der Waals surface area contributed by atoms with E-state index in [1.165, 1.54) is 12.1 Å². The van der Waals surface area contributed by atoms with Crippen LogP contribution in [0.25, 0.3) is 0 Å².